The molecule has 0 N–H and O–H groups in total. The molecule has 7 heteroatoms. The van der Waals surface area contributed by atoms with Gasteiger partial charge < -0.3 is 4.90 Å². The van der Waals surface area contributed by atoms with Gasteiger partial charge in [-0.2, -0.15) is 4.31 Å². The predicted molar refractivity (Wildman–Crippen MR) is 116 cm³/mol. The average molecular weight is 433 g/mol. The fourth-order valence-corrected chi connectivity index (χ4v) is 5.95. The minimum absolute atomic E-state index is 0.0151. The van der Waals surface area contributed by atoms with Crippen molar-refractivity contribution in [2.24, 2.45) is 5.92 Å². The molecule has 1 aromatic rings. The zero-order chi connectivity index (χ0) is 21.7. The van der Waals surface area contributed by atoms with Gasteiger partial charge in [0.15, 0.2) is 0 Å². The highest BCUT2D eigenvalue weighted by molar-refractivity contribution is 7.93. The van der Waals surface area contributed by atoms with E-state index in [1.807, 2.05) is 35.2 Å². The van der Waals surface area contributed by atoms with Crippen LogP contribution >= 0.6 is 0 Å². The maximum Gasteiger partial charge on any atom is 0.245 e. The lowest BCUT2D eigenvalue weighted by atomic mass is 9.91. The molecule has 0 radical (unpaired) electrons. The van der Waals surface area contributed by atoms with Crippen LogP contribution in [0.25, 0.3) is 0 Å². The highest BCUT2D eigenvalue weighted by Gasteiger charge is 2.38. The van der Waals surface area contributed by atoms with Gasteiger partial charge in [0, 0.05) is 19.6 Å². The molecule has 0 spiro atoms. The predicted octanol–water partition coefficient (Wildman–Crippen LogP) is 4.34. The first-order valence-corrected chi connectivity index (χ1v) is 11.8. The number of rotatable bonds is 6. The Morgan fingerprint density at radius 1 is 1.10 bits per heavy atom. The third-order valence-corrected chi connectivity index (χ3v) is 7.78. The number of nitrogens with zero attached hydrogens (tertiary/aromatic N) is 2. The van der Waals surface area contributed by atoms with Crippen molar-refractivity contribution < 1.29 is 17.6 Å². The Morgan fingerprint density at radius 3 is 2.50 bits per heavy atom. The van der Waals surface area contributed by atoms with Crippen molar-refractivity contribution in [2.45, 2.75) is 38.1 Å². The van der Waals surface area contributed by atoms with Crippen molar-refractivity contribution in [1.29, 1.82) is 0 Å². The highest BCUT2D eigenvalue weighted by atomic mass is 32.2. The minimum atomic E-state index is -4.07. The van der Waals surface area contributed by atoms with E-state index < -0.39 is 26.7 Å². The smallest absolute Gasteiger partial charge is 0.245 e. The number of hydrogen-bond acceptors (Lipinski definition) is 3. The van der Waals surface area contributed by atoms with Crippen LogP contribution in [0, 0.1) is 5.92 Å². The number of carbonyl (C=O) groups is 1. The van der Waals surface area contributed by atoms with Crippen molar-refractivity contribution >= 4 is 15.9 Å². The van der Waals surface area contributed by atoms with E-state index in [2.05, 4.69) is 13.2 Å². The van der Waals surface area contributed by atoms with E-state index in [4.69, 9.17) is 0 Å². The lowest BCUT2D eigenvalue weighted by molar-refractivity contribution is -0.140. The summed E-state index contributed by atoms with van der Waals surface area (Å²) in [7, 11) is -4.07. The van der Waals surface area contributed by atoms with E-state index >= 15 is 0 Å². The highest BCUT2D eigenvalue weighted by Crippen LogP contribution is 2.34. The summed E-state index contributed by atoms with van der Waals surface area (Å²) in [5, 5.41) is 0. The number of likely N-dealkylation sites (tertiary alicyclic amines) is 1. The molecule has 0 bridgehead atoms. The summed E-state index contributed by atoms with van der Waals surface area (Å²) in [5.41, 5.74) is 1.11. The summed E-state index contributed by atoms with van der Waals surface area (Å²) in [4.78, 5) is 14.8. The second-order valence-corrected chi connectivity index (χ2v) is 9.73. The Balaban J connectivity index is 1.80. The molecule has 2 aliphatic heterocycles. The molecule has 1 aromatic carbocycles. The molecule has 2 saturated heterocycles. The number of allylic oxidation sites excluding steroid dienone is 3. The Hall–Kier alpha value is -2.25. The molecule has 0 aliphatic carbocycles. The molecule has 2 heterocycles. The molecule has 30 heavy (non-hydrogen) atoms. The van der Waals surface area contributed by atoms with Crippen LogP contribution in [0.2, 0.25) is 0 Å². The largest absolute Gasteiger partial charge is 0.335 e. The van der Waals surface area contributed by atoms with Crippen molar-refractivity contribution in [2.75, 3.05) is 19.6 Å². The van der Waals surface area contributed by atoms with Crippen LogP contribution < -0.4 is 0 Å². The van der Waals surface area contributed by atoms with Crippen LogP contribution in [0.1, 0.15) is 43.7 Å². The zero-order valence-corrected chi connectivity index (χ0v) is 18.0. The molecule has 0 aromatic heterocycles. The second kappa shape index (κ2) is 9.71. The van der Waals surface area contributed by atoms with Crippen molar-refractivity contribution in [3.8, 4) is 0 Å². The summed E-state index contributed by atoms with van der Waals surface area (Å²) in [6, 6.07) is 9.98. The van der Waals surface area contributed by atoms with E-state index in [9.17, 15) is 17.6 Å². The monoisotopic (exact) mass is 432 g/mol. The summed E-state index contributed by atoms with van der Waals surface area (Å²) >= 11 is 0. The third-order valence-electron chi connectivity index (χ3n) is 5.86. The molecule has 5 nitrogen and oxygen atoms in total. The lowest BCUT2D eigenvalue weighted by Gasteiger charge is -2.40. The summed E-state index contributed by atoms with van der Waals surface area (Å²) in [5.74, 6) is -1.48. The molecule has 1 amide bonds. The van der Waals surface area contributed by atoms with Crippen LogP contribution in [0.4, 0.5) is 4.39 Å². The van der Waals surface area contributed by atoms with Gasteiger partial charge in [-0.05, 0) is 43.7 Å². The summed E-state index contributed by atoms with van der Waals surface area (Å²) in [6.45, 7) is 7.59. The number of benzene rings is 1. The standard InChI is InChI=1S/C23H29FN2O3S/c1-3-10-22(18(2)24)30(28,29)25-15-9-13-20(17-25)23(27)26-16-8-7-14-21(26)19-11-5-4-6-12-19/h3-6,10-12,20-21H,1-2,7-9,13-17H2/b22-10+. The Labute approximate surface area is 178 Å². The Kier molecular flexibility index (Phi) is 7.26. The van der Waals surface area contributed by atoms with Crippen LogP contribution in [-0.2, 0) is 14.8 Å². The van der Waals surface area contributed by atoms with Crippen LogP contribution in [0.3, 0.4) is 0 Å². The van der Waals surface area contributed by atoms with Crippen molar-refractivity contribution in [1.82, 2.24) is 9.21 Å². The lowest BCUT2D eigenvalue weighted by Crippen LogP contribution is -2.48. The van der Waals surface area contributed by atoms with Crippen LogP contribution in [0.5, 0.6) is 0 Å². The van der Waals surface area contributed by atoms with E-state index in [0.717, 1.165) is 30.9 Å². The normalized spacial score (nSPS) is 23.8. The van der Waals surface area contributed by atoms with Crippen molar-refractivity contribution in [3.63, 3.8) is 0 Å². The quantitative estimate of drug-likeness (QED) is 0.629. The fraction of sp³-hybridized carbons (Fsp3) is 0.435. The van der Waals surface area contributed by atoms with Gasteiger partial charge >= 0.3 is 0 Å². The summed E-state index contributed by atoms with van der Waals surface area (Å²) in [6.07, 6.45) is 6.42. The number of sulfonamides is 1. The van der Waals surface area contributed by atoms with Gasteiger partial charge in [0.25, 0.3) is 0 Å². The van der Waals surface area contributed by atoms with E-state index in [1.165, 1.54) is 10.4 Å². The maximum absolute atomic E-state index is 13.8. The van der Waals surface area contributed by atoms with Crippen molar-refractivity contribution in [3.05, 3.63) is 71.9 Å². The van der Waals surface area contributed by atoms with Gasteiger partial charge in [-0.15, -0.1) is 0 Å². The van der Waals surface area contributed by atoms with Crippen LogP contribution in [-0.4, -0.2) is 43.2 Å². The number of carbonyl (C=O) groups excluding carboxylic acids is 1. The maximum atomic E-state index is 13.8. The van der Waals surface area contributed by atoms with Crippen LogP contribution in [0.15, 0.2) is 66.4 Å². The first kappa shape index (κ1) is 22.4. The van der Waals surface area contributed by atoms with Gasteiger partial charge in [0.1, 0.15) is 10.7 Å². The molecular weight excluding hydrogens is 403 g/mol. The first-order chi connectivity index (χ1) is 14.4. The molecule has 3 rings (SSSR count). The number of piperidine rings is 2. The number of halogens is 1. The summed E-state index contributed by atoms with van der Waals surface area (Å²) < 4.78 is 40.9. The average Bonchev–Trinajstić information content (AvgIpc) is 2.77. The fourth-order valence-electron chi connectivity index (χ4n) is 4.38. The number of amides is 1. The SMILES string of the molecule is C=C/C=C(\C(=C)F)S(=O)(=O)N1CCCC(C(=O)N2CCCCC2c2ccccc2)C1. The Morgan fingerprint density at radius 2 is 1.83 bits per heavy atom. The van der Waals surface area contributed by atoms with Gasteiger partial charge in [0.2, 0.25) is 15.9 Å². The zero-order valence-electron chi connectivity index (χ0n) is 17.2. The molecule has 2 atom stereocenters. The first-order valence-electron chi connectivity index (χ1n) is 10.4. The number of hydrogen-bond donors (Lipinski definition) is 0. The van der Waals surface area contributed by atoms with E-state index in [1.54, 1.807) is 0 Å². The molecule has 2 aliphatic rings. The van der Waals surface area contributed by atoms with Gasteiger partial charge in [0.05, 0.1) is 12.0 Å². The third kappa shape index (κ3) is 4.73. The topological polar surface area (TPSA) is 57.7 Å². The minimum Gasteiger partial charge on any atom is -0.335 e. The molecular formula is C23H29FN2O3S. The molecule has 2 fully saturated rings. The second-order valence-electron chi connectivity index (χ2n) is 7.83. The van der Waals surface area contributed by atoms with E-state index in [0.29, 0.717) is 19.4 Å². The molecule has 162 valence electrons. The van der Waals surface area contributed by atoms with Gasteiger partial charge in [-0.3, -0.25) is 4.79 Å². The molecule has 0 saturated carbocycles. The van der Waals surface area contributed by atoms with E-state index in [-0.39, 0.29) is 25.0 Å². The Bertz CT molecular complexity index is 927. The molecule has 2 unspecified atom stereocenters. The van der Waals surface area contributed by atoms with Gasteiger partial charge in [-0.1, -0.05) is 49.6 Å². The van der Waals surface area contributed by atoms with Gasteiger partial charge in [-0.25, -0.2) is 12.8 Å².